The Kier molecular flexibility index (Phi) is 5.72. The maximum Gasteiger partial charge on any atom is 0.416 e. The molecule has 5 nitrogen and oxygen atoms in total. The lowest BCUT2D eigenvalue weighted by molar-refractivity contribution is -0.137. The molecule has 0 aliphatic heterocycles. The van der Waals surface area contributed by atoms with E-state index in [0.717, 1.165) is 12.1 Å². The molecule has 0 atom stereocenters. The Morgan fingerprint density at radius 3 is 2.37 bits per heavy atom. The van der Waals surface area contributed by atoms with E-state index in [9.17, 15) is 23.1 Å². The number of alkyl halides is 3. The Morgan fingerprint density at radius 2 is 1.80 bits per heavy atom. The summed E-state index contributed by atoms with van der Waals surface area (Å²) in [7, 11) is 1.48. The SMILES string of the molecule is COc1cc(-c2ccc(C(F)(F)F)cc2)c2ncc(C(=O)NC(C)(C)CO)cc2c1. The van der Waals surface area contributed by atoms with Gasteiger partial charge >= 0.3 is 6.18 Å². The Bertz CT molecular complexity index is 1080. The van der Waals surface area contributed by atoms with Gasteiger partial charge in [0.1, 0.15) is 5.75 Å². The van der Waals surface area contributed by atoms with Gasteiger partial charge in [0.2, 0.25) is 0 Å². The van der Waals surface area contributed by atoms with E-state index in [1.807, 2.05) is 0 Å². The first-order chi connectivity index (χ1) is 14.0. The number of fused-ring (bicyclic) bond motifs is 1. The van der Waals surface area contributed by atoms with Crippen LogP contribution in [-0.4, -0.2) is 35.3 Å². The first-order valence-corrected chi connectivity index (χ1v) is 9.13. The van der Waals surface area contributed by atoms with Gasteiger partial charge in [0.25, 0.3) is 5.91 Å². The van der Waals surface area contributed by atoms with Gasteiger partial charge in [-0.3, -0.25) is 9.78 Å². The molecule has 0 radical (unpaired) electrons. The molecule has 158 valence electrons. The number of ether oxygens (including phenoxy) is 1. The Balaban J connectivity index is 2.07. The molecule has 8 heteroatoms. The summed E-state index contributed by atoms with van der Waals surface area (Å²) in [6.07, 6.45) is -3.02. The summed E-state index contributed by atoms with van der Waals surface area (Å²) in [4.78, 5) is 16.9. The molecule has 0 aliphatic rings. The molecule has 0 fully saturated rings. The lowest BCUT2D eigenvalue weighted by Gasteiger charge is -2.23. The third-order valence-corrected chi connectivity index (χ3v) is 4.62. The number of aliphatic hydroxyl groups is 1. The molecular weight excluding hydrogens is 397 g/mol. The molecule has 2 aromatic carbocycles. The number of pyridine rings is 1. The summed E-state index contributed by atoms with van der Waals surface area (Å²) in [5.74, 6) is 0.0785. The van der Waals surface area contributed by atoms with E-state index in [2.05, 4.69) is 10.3 Å². The van der Waals surface area contributed by atoms with Crippen molar-refractivity contribution in [3.8, 4) is 16.9 Å². The summed E-state index contributed by atoms with van der Waals surface area (Å²) in [6.45, 7) is 3.14. The van der Waals surface area contributed by atoms with Crippen LogP contribution in [0.4, 0.5) is 13.2 Å². The molecule has 0 unspecified atom stereocenters. The molecule has 0 aliphatic carbocycles. The van der Waals surface area contributed by atoms with E-state index < -0.39 is 23.2 Å². The molecule has 0 saturated carbocycles. The average Bonchev–Trinajstić information content (AvgIpc) is 2.71. The van der Waals surface area contributed by atoms with Crippen LogP contribution >= 0.6 is 0 Å². The highest BCUT2D eigenvalue weighted by molar-refractivity contribution is 6.01. The number of benzene rings is 2. The minimum atomic E-state index is -4.42. The number of aliphatic hydroxyl groups excluding tert-OH is 1. The summed E-state index contributed by atoms with van der Waals surface area (Å²) in [5.41, 5.74) is 0.394. The largest absolute Gasteiger partial charge is 0.497 e. The van der Waals surface area contributed by atoms with Gasteiger partial charge in [-0.05, 0) is 49.7 Å². The van der Waals surface area contributed by atoms with Crippen molar-refractivity contribution >= 4 is 16.8 Å². The van der Waals surface area contributed by atoms with Crippen molar-refractivity contribution < 1.29 is 27.8 Å². The van der Waals surface area contributed by atoms with Crippen molar-refractivity contribution in [2.75, 3.05) is 13.7 Å². The minimum absolute atomic E-state index is 0.231. The van der Waals surface area contributed by atoms with Gasteiger partial charge in [0.05, 0.1) is 35.9 Å². The van der Waals surface area contributed by atoms with Crippen LogP contribution in [0.15, 0.2) is 48.7 Å². The highest BCUT2D eigenvalue weighted by Gasteiger charge is 2.30. The number of hydrogen-bond donors (Lipinski definition) is 2. The number of rotatable bonds is 5. The molecule has 1 heterocycles. The maximum absolute atomic E-state index is 12.9. The summed E-state index contributed by atoms with van der Waals surface area (Å²) >= 11 is 0. The molecule has 0 spiro atoms. The van der Waals surface area contributed by atoms with Crippen molar-refractivity contribution in [1.29, 1.82) is 0 Å². The standard InChI is InChI=1S/C22H21F3N2O3/c1-21(2,12-28)27-20(29)15-8-14-9-17(30-3)10-18(19(14)26-11-15)13-4-6-16(7-5-13)22(23,24)25/h4-11,28H,12H2,1-3H3,(H,27,29). The fourth-order valence-electron chi connectivity index (χ4n) is 2.94. The first kappa shape index (κ1) is 21.6. The van der Waals surface area contributed by atoms with Gasteiger partial charge in [0.15, 0.2) is 0 Å². The lowest BCUT2D eigenvalue weighted by atomic mass is 9.99. The summed E-state index contributed by atoms with van der Waals surface area (Å²) < 4.78 is 43.9. The second-order valence-electron chi connectivity index (χ2n) is 7.54. The van der Waals surface area contributed by atoms with Gasteiger partial charge in [-0.25, -0.2) is 0 Å². The number of nitrogens with one attached hydrogen (secondary N) is 1. The molecule has 30 heavy (non-hydrogen) atoms. The number of carbonyl (C=O) groups is 1. The van der Waals surface area contributed by atoms with Crippen LogP contribution in [0.3, 0.4) is 0 Å². The van der Waals surface area contributed by atoms with Crippen LogP contribution in [0.25, 0.3) is 22.0 Å². The normalized spacial score (nSPS) is 12.1. The molecule has 3 aromatic rings. The van der Waals surface area contributed by atoms with E-state index in [-0.39, 0.29) is 12.2 Å². The molecule has 0 bridgehead atoms. The van der Waals surface area contributed by atoms with E-state index in [0.29, 0.717) is 27.8 Å². The molecular formula is C22H21F3N2O3. The minimum Gasteiger partial charge on any atom is -0.497 e. The van der Waals surface area contributed by atoms with Crippen molar-refractivity contribution in [2.24, 2.45) is 0 Å². The fraction of sp³-hybridized carbons (Fsp3) is 0.273. The Hall–Kier alpha value is -3.13. The maximum atomic E-state index is 12.9. The van der Waals surface area contributed by atoms with Crippen molar-refractivity contribution in [1.82, 2.24) is 10.3 Å². The van der Waals surface area contributed by atoms with Crippen LogP contribution in [0.2, 0.25) is 0 Å². The third kappa shape index (κ3) is 4.54. The second kappa shape index (κ2) is 7.95. The van der Waals surface area contributed by atoms with Crippen LogP contribution in [0.1, 0.15) is 29.8 Å². The number of halogens is 3. The zero-order valence-electron chi connectivity index (χ0n) is 16.7. The lowest BCUT2D eigenvalue weighted by Crippen LogP contribution is -2.46. The van der Waals surface area contributed by atoms with E-state index >= 15 is 0 Å². The van der Waals surface area contributed by atoms with Crippen LogP contribution in [-0.2, 0) is 6.18 Å². The summed E-state index contributed by atoms with van der Waals surface area (Å²) in [5, 5.41) is 12.7. The number of nitrogens with zero attached hydrogens (tertiary/aromatic N) is 1. The topological polar surface area (TPSA) is 71.5 Å². The fourth-order valence-corrected chi connectivity index (χ4v) is 2.94. The van der Waals surface area contributed by atoms with Crippen molar-refractivity contribution in [2.45, 2.75) is 25.6 Å². The Labute approximate surface area is 171 Å². The number of hydrogen-bond acceptors (Lipinski definition) is 4. The molecule has 1 aromatic heterocycles. The molecule has 0 saturated heterocycles. The van der Waals surface area contributed by atoms with E-state index in [1.165, 1.54) is 25.4 Å². The molecule has 3 rings (SSSR count). The molecule has 1 amide bonds. The van der Waals surface area contributed by atoms with Crippen LogP contribution in [0, 0.1) is 0 Å². The summed E-state index contributed by atoms with van der Waals surface area (Å²) in [6, 6.07) is 9.79. The molecule has 2 N–H and O–H groups in total. The predicted molar refractivity (Wildman–Crippen MR) is 107 cm³/mol. The average molecular weight is 418 g/mol. The van der Waals surface area contributed by atoms with Gasteiger partial charge in [-0.1, -0.05) is 12.1 Å². The van der Waals surface area contributed by atoms with Crippen molar-refractivity contribution in [3.05, 3.63) is 59.8 Å². The third-order valence-electron chi connectivity index (χ3n) is 4.62. The number of aromatic nitrogens is 1. The van der Waals surface area contributed by atoms with Crippen molar-refractivity contribution in [3.63, 3.8) is 0 Å². The van der Waals surface area contributed by atoms with Crippen LogP contribution in [0.5, 0.6) is 5.75 Å². The van der Waals surface area contributed by atoms with Gasteiger partial charge < -0.3 is 15.2 Å². The van der Waals surface area contributed by atoms with Crippen LogP contribution < -0.4 is 10.1 Å². The highest BCUT2D eigenvalue weighted by atomic mass is 19.4. The number of carbonyl (C=O) groups excluding carboxylic acids is 1. The second-order valence-corrected chi connectivity index (χ2v) is 7.54. The van der Waals surface area contributed by atoms with Gasteiger partial charge in [0, 0.05) is 17.1 Å². The zero-order valence-corrected chi connectivity index (χ0v) is 16.7. The predicted octanol–water partition coefficient (Wildman–Crippen LogP) is 4.43. The van der Waals surface area contributed by atoms with E-state index in [4.69, 9.17) is 4.74 Å². The van der Waals surface area contributed by atoms with Gasteiger partial charge in [-0.15, -0.1) is 0 Å². The smallest absolute Gasteiger partial charge is 0.416 e. The highest BCUT2D eigenvalue weighted by Crippen LogP contribution is 2.35. The monoisotopic (exact) mass is 418 g/mol. The first-order valence-electron chi connectivity index (χ1n) is 9.13. The number of methoxy groups -OCH3 is 1. The zero-order chi connectivity index (χ0) is 22.1. The Morgan fingerprint density at radius 1 is 1.13 bits per heavy atom. The number of amides is 1. The quantitative estimate of drug-likeness (QED) is 0.643. The van der Waals surface area contributed by atoms with E-state index in [1.54, 1.807) is 32.0 Å². The van der Waals surface area contributed by atoms with Gasteiger partial charge in [-0.2, -0.15) is 13.2 Å².